The van der Waals surface area contributed by atoms with Crippen LogP contribution in [-0.4, -0.2) is 29.2 Å². The Morgan fingerprint density at radius 3 is 2.96 bits per heavy atom. The van der Waals surface area contributed by atoms with Gasteiger partial charge in [0.25, 0.3) is 0 Å². The van der Waals surface area contributed by atoms with Crippen molar-refractivity contribution in [3.8, 4) is 11.1 Å². The summed E-state index contributed by atoms with van der Waals surface area (Å²) < 4.78 is 13.6. The van der Waals surface area contributed by atoms with Crippen molar-refractivity contribution in [3.05, 3.63) is 47.2 Å². The molecule has 134 valence electrons. The largest absolute Gasteiger partial charge is 0.316 e. The van der Waals surface area contributed by atoms with E-state index in [1.165, 1.54) is 18.2 Å². The second kappa shape index (κ2) is 7.05. The smallest absolute Gasteiger partial charge is 0.229 e. The van der Waals surface area contributed by atoms with Gasteiger partial charge in [0, 0.05) is 22.5 Å². The number of carbonyl (C=O) groups is 1. The summed E-state index contributed by atoms with van der Waals surface area (Å²) in [5, 5.41) is 14.5. The molecule has 1 fully saturated rings. The molecule has 0 bridgehead atoms. The minimum absolute atomic E-state index is 0.0419. The maximum absolute atomic E-state index is 13.6. The van der Waals surface area contributed by atoms with Gasteiger partial charge in [-0.1, -0.05) is 17.7 Å². The molecular weight excluding hydrogens is 355 g/mol. The molecule has 1 atom stereocenters. The zero-order valence-corrected chi connectivity index (χ0v) is 14.7. The third-order valence-corrected chi connectivity index (χ3v) is 5.04. The van der Waals surface area contributed by atoms with Crippen molar-refractivity contribution in [1.29, 1.82) is 0 Å². The van der Waals surface area contributed by atoms with Gasteiger partial charge < -0.3 is 10.6 Å². The average molecular weight is 373 g/mol. The molecule has 1 amide bonds. The van der Waals surface area contributed by atoms with Crippen molar-refractivity contribution in [2.75, 3.05) is 18.4 Å². The highest BCUT2D eigenvalue weighted by atomic mass is 35.5. The number of amides is 1. The number of aromatic nitrogens is 2. The van der Waals surface area contributed by atoms with Crippen LogP contribution in [0.4, 0.5) is 10.2 Å². The summed E-state index contributed by atoms with van der Waals surface area (Å²) in [6, 6.07) is 9.80. The molecular formula is C19H18ClFN4O. The fourth-order valence-electron chi connectivity index (χ4n) is 3.29. The summed E-state index contributed by atoms with van der Waals surface area (Å²) in [6.45, 7) is 1.63. The lowest BCUT2D eigenvalue weighted by atomic mass is 9.99. The van der Waals surface area contributed by atoms with Crippen LogP contribution < -0.4 is 10.6 Å². The zero-order valence-electron chi connectivity index (χ0n) is 14.0. The quantitative estimate of drug-likeness (QED) is 0.651. The van der Waals surface area contributed by atoms with Gasteiger partial charge in [0.05, 0.1) is 11.4 Å². The van der Waals surface area contributed by atoms with Crippen molar-refractivity contribution in [3.63, 3.8) is 0 Å². The Labute approximate surface area is 154 Å². The third kappa shape index (κ3) is 3.30. The normalized spacial score (nSPS) is 17.4. The van der Waals surface area contributed by atoms with E-state index in [1.54, 1.807) is 0 Å². The van der Waals surface area contributed by atoms with Crippen LogP contribution in [0.1, 0.15) is 12.8 Å². The highest BCUT2D eigenvalue weighted by molar-refractivity contribution is 6.33. The maximum Gasteiger partial charge on any atom is 0.229 e. The van der Waals surface area contributed by atoms with E-state index in [1.807, 2.05) is 18.2 Å². The first-order chi connectivity index (χ1) is 12.6. The Hall–Kier alpha value is -2.44. The Morgan fingerprint density at radius 2 is 2.15 bits per heavy atom. The van der Waals surface area contributed by atoms with Crippen molar-refractivity contribution < 1.29 is 9.18 Å². The van der Waals surface area contributed by atoms with Crippen LogP contribution in [0.3, 0.4) is 0 Å². The molecule has 2 aromatic carbocycles. The van der Waals surface area contributed by atoms with Crippen molar-refractivity contribution in [1.82, 2.24) is 15.5 Å². The van der Waals surface area contributed by atoms with Crippen LogP contribution >= 0.6 is 11.6 Å². The molecule has 0 spiro atoms. The lowest BCUT2D eigenvalue weighted by Gasteiger charge is -2.21. The van der Waals surface area contributed by atoms with Gasteiger partial charge in [0.1, 0.15) is 5.82 Å². The highest BCUT2D eigenvalue weighted by Gasteiger charge is 2.22. The van der Waals surface area contributed by atoms with Gasteiger partial charge in [-0.25, -0.2) is 4.39 Å². The summed E-state index contributed by atoms with van der Waals surface area (Å²) >= 11 is 6.21. The van der Waals surface area contributed by atoms with Gasteiger partial charge in [-0.3, -0.25) is 9.89 Å². The summed E-state index contributed by atoms with van der Waals surface area (Å²) in [5.41, 5.74) is 2.15. The van der Waals surface area contributed by atoms with Crippen molar-refractivity contribution in [2.24, 2.45) is 5.92 Å². The number of hydrogen-bond acceptors (Lipinski definition) is 3. The Balaban J connectivity index is 1.66. The van der Waals surface area contributed by atoms with Gasteiger partial charge in [0.15, 0.2) is 5.82 Å². The minimum Gasteiger partial charge on any atom is -0.316 e. The molecule has 0 saturated carbocycles. The van der Waals surface area contributed by atoms with E-state index < -0.39 is 0 Å². The molecule has 7 heteroatoms. The molecule has 1 aliphatic rings. The number of anilines is 1. The van der Waals surface area contributed by atoms with Crippen LogP contribution in [0.2, 0.25) is 5.02 Å². The number of piperidine rings is 1. The molecule has 1 aliphatic heterocycles. The molecule has 0 unspecified atom stereocenters. The lowest BCUT2D eigenvalue weighted by Crippen LogP contribution is -2.37. The molecule has 0 aliphatic carbocycles. The summed E-state index contributed by atoms with van der Waals surface area (Å²) in [6.07, 6.45) is 1.85. The number of aromatic amines is 1. The van der Waals surface area contributed by atoms with Gasteiger partial charge in [-0.05, 0) is 55.3 Å². The number of carbonyl (C=O) groups excluding carboxylic acids is 1. The second-order valence-electron chi connectivity index (χ2n) is 6.49. The van der Waals surface area contributed by atoms with Crippen molar-refractivity contribution in [2.45, 2.75) is 12.8 Å². The SMILES string of the molecule is O=C(Nc1n[nH]c2ccc(-c3cc(F)ccc3Cl)cc12)[C@@H]1CCCNC1. The summed E-state index contributed by atoms with van der Waals surface area (Å²) in [5.74, 6) is 0.0242. The maximum atomic E-state index is 13.6. The van der Waals surface area contributed by atoms with E-state index >= 15 is 0 Å². The van der Waals surface area contributed by atoms with E-state index in [2.05, 4.69) is 20.8 Å². The zero-order chi connectivity index (χ0) is 18.1. The van der Waals surface area contributed by atoms with Gasteiger partial charge in [0.2, 0.25) is 5.91 Å². The third-order valence-electron chi connectivity index (χ3n) is 4.71. The fourth-order valence-corrected chi connectivity index (χ4v) is 3.52. The Bertz CT molecular complexity index is 965. The van der Waals surface area contributed by atoms with Crippen LogP contribution in [0.5, 0.6) is 0 Å². The summed E-state index contributed by atoms with van der Waals surface area (Å²) in [7, 11) is 0. The van der Waals surface area contributed by atoms with Gasteiger partial charge in [-0.15, -0.1) is 0 Å². The number of halogens is 2. The highest BCUT2D eigenvalue weighted by Crippen LogP contribution is 2.32. The van der Waals surface area contributed by atoms with Crippen LogP contribution in [0.15, 0.2) is 36.4 Å². The number of rotatable bonds is 3. The van der Waals surface area contributed by atoms with Crippen LogP contribution in [0, 0.1) is 11.7 Å². The molecule has 0 radical (unpaired) electrons. The van der Waals surface area contributed by atoms with E-state index in [0.29, 0.717) is 22.9 Å². The van der Waals surface area contributed by atoms with E-state index in [0.717, 1.165) is 35.9 Å². The average Bonchev–Trinajstić information content (AvgIpc) is 3.06. The number of nitrogens with one attached hydrogen (secondary N) is 3. The standard InChI is InChI=1S/C19H18ClFN4O/c20-16-5-4-13(21)9-14(16)11-3-6-17-15(8-11)18(25-24-17)23-19(26)12-2-1-7-22-10-12/h3-6,8-9,12,22H,1-2,7,10H2,(H2,23,24,25,26)/t12-/m1/s1. The molecule has 4 rings (SSSR count). The molecule has 3 N–H and O–H groups in total. The van der Waals surface area contributed by atoms with Crippen LogP contribution in [0.25, 0.3) is 22.0 Å². The summed E-state index contributed by atoms with van der Waals surface area (Å²) in [4.78, 5) is 12.5. The number of fused-ring (bicyclic) bond motifs is 1. The Kier molecular flexibility index (Phi) is 4.61. The Morgan fingerprint density at radius 1 is 1.27 bits per heavy atom. The van der Waals surface area contributed by atoms with E-state index in [4.69, 9.17) is 11.6 Å². The second-order valence-corrected chi connectivity index (χ2v) is 6.90. The molecule has 2 heterocycles. The molecule has 5 nitrogen and oxygen atoms in total. The molecule has 1 saturated heterocycles. The predicted molar refractivity (Wildman–Crippen MR) is 101 cm³/mol. The number of benzene rings is 2. The molecule has 26 heavy (non-hydrogen) atoms. The fraction of sp³-hybridized carbons (Fsp3) is 0.263. The first-order valence-corrected chi connectivity index (χ1v) is 8.95. The van der Waals surface area contributed by atoms with Gasteiger partial charge in [-0.2, -0.15) is 5.10 Å². The van der Waals surface area contributed by atoms with E-state index in [-0.39, 0.29) is 17.6 Å². The first kappa shape index (κ1) is 17.0. The van der Waals surface area contributed by atoms with Crippen molar-refractivity contribution >= 4 is 34.2 Å². The monoisotopic (exact) mass is 372 g/mol. The van der Waals surface area contributed by atoms with Crippen LogP contribution in [-0.2, 0) is 4.79 Å². The molecule has 3 aromatic rings. The number of nitrogens with zero attached hydrogens (tertiary/aromatic N) is 1. The molecule has 1 aromatic heterocycles. The lowest BCUT2D eigenvalue weighted by molar-refractivity contribution is -0.120. The number of H-pyrrole nitrogens is 1. The first-order valence-electron chi connectivity index (χ1n) is 8.57. The number of hydrogen-bond donors (Lipinski definition) is 3. The topological polar surface area (TPSA) is 69.8 Å². The predicted octanol–water partition coefficient (Wildman–Crippen LogP) is 3.96. The minimum atomic E-state index is -0.352. The van der Waals surface area contributed by atoms with E-state index in [9.17, 15) is 9.18 Å². The van der Waals surface area contributed by atoms with Gasteiger partial charge >= 0.3 is 0 Å².